The van der Waals surface area contributed by atoms with Crippen LogP contribution in [0.4, 0.5) is 20.4 Å². The van der Waals surface area contributed by atoms with Gasteiger partial charge in [-0.3, -0.25) is 19.5 Å². The van der Waals surface area contributed by atoms with E-state index in [0.717, 1.165) is 0 Å². The Kier molecular flexibility index (Phi) is 5.48. The Balaban J connectivity index is 1.67. The predicted molar refractivity (Wildman–Crippen MR) is 106 cm³/mol. The van der Waals surface area contributed by atoms with E-state index >= 15 is 0 Å². The van der Waals surface area contributed by atoms with Crippen LogP contribution in [0.15, 0.2) is 48.5 Å². The summed E-state index contributed by atoms with van der Waals surface area (Å²) in [5, 5.41) is 13.2. The number of aromatic nitrogens is 3. The minimum atomic E-state index is -3.05. The number of halogens is 2. The summed E-state index contributed by atoms with van der Waals surface area (Å²) in [6.45, 7) is -3.05. The van der Waals surface area contributed by atoms with E-state index in [1.165, 1.54) is 22.8 Å². The Morgan fingerprint density at radius 1 is 1.19 bits per heavy atom. The maximum Gasteiger partial charge on any atom is 0.387 e. The Morgan fingerprint density at radius 2 is 1.94 bits per heavy atom. The SMILES string of the molecule is COc1ccc(-c2nnc3n2[C@@H](C(=O)Nc2ccccc2OC(F)F)CC(=O)N3)cc1. The molecule has 3 aromatic rings. The molecule has 0 unspecified atom stereocenters. The number of carbonyl (C=O) groups excluding carboxylic acids is 2. The van der Waals surface area contributed by atoms with Crippen LogP contribution in [0.5, 0.6) is 11.5 Å². The van der Waals surface area contributed by atoms with Gasteiger partial charge in [0, 0.05) is 5.56 Å². The second-order valence-corrected chi connectivity index (χ2v) is 6.58. The van der Waals surface area contributed by atoms with Crippen LogP contribution in [-0.4, -0.2) is 40.3 Å². The molecule has 0 fully saturated rings. The number of anilines is 2. The Labute approximate surface area is 175 Å². The van der Waals surface area contributed by atoms with Crippen molar-refractivity contribution in [1.29, 1.82) is 0 Å². The minimum Gasteiger partial charge on any atom is -0.497 e. The number of alkyl halides is 2. The molecule has 2 aromatic carbocycles. The number of hydrogen-bond acceptors (Lipinski definition) is 6. The van der Waals surface area contributed by atoms with Gasteiger partial charge in [0.1, 0.15) is 17.5 Å². The van der Waals surface area contributed by atoms with Gasteiger partial charge in [0.2, 0.25) is 17.8 Å². The summed E-state index contributed by atoms with van der Waals surface area (Å²) >= 11 is 0. The van der Waals surface area contributed by atoms with Crippen LogP contribution in [0.1, 0.15) is 12.5 Å². The molecule has 0 bridgehead atoms. The number of para-hydroxylation sites is 2. The second-order valence-electron chi connectivity index (χ2n) is 6.58. The molecule has 0 radical (unpaired) electrons. The van der Waals surface area contributed by atoms with Gasteiger partial charge < -0.3 is 14.8 Å². The lowest BCUT2D eigenvalue weighted by molar-refractivity contribution is -0.125. The zero-order chi connectivity index (χ0) is 22.0. The summed E-state index contributed by atoms with van der Waals surface area (Å²) in [7, 11) is 1.54. The van der Waals surface area contributed by atoms with Crippen molar-refractivity contribution in [2.45, 2.75) is 19.1 Å². The van der Waals surface area contributed by atoms with Crippen molar-refractivity contribution in [2.24, 2.45) is 0 Å². The normalized spacial score (nSPS) is 15.2. The highest BCUT2D eigenvalue weighted by molar-refractivity contribution is 6.02. The zero-order valence-corrected chi connectivity index (χ0v) is 16.2. The van der Waals surface area contributed by atoms with Crippen molar-refractivity contribution in [3.05, 3.63) is 48.5 Å². The first-order chi connectivity index (χ1) is 15.0. The zero-order valence-electron chi connectivity index (χ0n) is 16.2. The third-order valence-electron chi connectivity index (χ3n) is 4.65. The maximum atomic E-state index is 13.1. The van der Waals surface area contributed by atoms with E-state index in [1.807, 2.05) is 0 Å². The molecule has 9 nitrogen and oxygen atoms in total. The topological polar surface area (TPSA) is 107 Å². The van der Waals surface area contributed by atoms with E-state index in [9.17, 15) is 18.4 Å². The molecule has 1 aliphatic rings. The molecular weight excluding hydrogens is 412 g/mol. The number of nitrogens with one attached hydrogen (secondary N) is 2. The predicted octanol–water partition coefficient (Wildman–Crippen LogP) is 3.08. The van der Waals surface area contributed by atoms with Crippen LogP contribution in [-0.2, 0) is 9.59 Å². The number of carbonyl (C=O) groups is 2. The lowest BCUT2D eigenvalue weighted by atomic mass is 10.1. The highest BCUT2D eigenvalue weighted by Crippen LogP contribution is 2.33. The average Bonchev–Trinajstić information content (AvgIpc) is 3.18. The Morgan fingerprint density at radius 3 is 2.65 bits per heavy atom. The molecule has 1 atom stereocenters. The summed E-state index contributed by atoms with van der Waals surface area (Å²) < 4.78 is 36.4. The Hall–Kier alpha value is -4.02. The third-order valence-corrected chi connectivity index (χ3v) is 4.65. The third kappa shape index (κ3) is 4.15. The molecule has 0 spiro atoms. The summed E-state index contributed by atoms with van der Waals surface area (Å²) in [5.41, 5.74) is 0.703. The van der Waals surface area contributed by atoms with Crippen molar-refractivity contribution in [3.8, 4) is 22.9 Å². The van der Waals surface area contributed by atoms with Gasteiger partial charge in [0.05, 0.1) is 19.2 Å². The van der Waals surface area contributed by atoms with E-state index in [-0.39, 0.29) is 23.8 Å². The van der Waals surface area contributed by atoms with Crippen molar-refractivity contribution in [1.82, 2.24) is 14.8 Å². The number of fused-ring (bicyclic) bond motifs is 1. The lowest BCUT2D eigenvalue weighted by Gasteiger charge is -2.25. The lowest BCUT2D eigenvalue weighted by Crippen LogP contribution is -2.35. The molecule has 0 saturated heterocycles. The number of benzene rings is 2. The number of ether oxygens (including phenoxy) is 2. The number of amides is 2. The van der Waals surface area contributed by atoms with Gasteiger partial charge in [-0.2, -0.15) is 8.78 Å². The fourth-order valence-corrected chi connectivity index (χ4v) is 3.25. The number of methoxy groups -OCH3 is 1. The van der Waals surface area contributed by atoms with Crippen LogP contribution in [0.3, 0.4) is 0 Å². The average molecular weight is 429 g/mol. The molecule has 160 valence electrons. The van der Waals surface area contributed by atoms with Crippen LogP contribution < -0.4 is 20.1 Å². The van der Waals surface area contributed by atoms with Crippen LogP contribution >= 0.6 is 0 Å². The van der Waals surface area contributed by atoms with Gasteiger partial charge in [-0.05, 0) is 36.4 Å². The molecule has 2 heterocycles. The fraction of sp³-hybridized carbons (Fsp3) is 0.200. The van der Waals surface area contributed by atoms with Crippen molar-refractivity contribution in [3.63, 3.8) is 0 Å². The summed E-state index contributed by atoms with van der Waals surface area (Å²) in [6, 6.07) is 11.7. The van der Waals surface area contributed by atoms with Gasteiger partial charge in [-0.25, -0.2) is 0 Å². The Bertz CT molecular complexity index is 1120. The number of hydrogen-bond donors (Lipinski definition) is 2. The first kappa shape index (κ1) is 20.3. The first-order valence-corrected chi connectivity index (χ1v) is 9.20. The van der Waals surface area contributed by atoms with Gasteiger partial charge in [0.25, 0.3) is 0 Å². The van der Waals surface area contributed by atoms with E-state index in [4.69, 9.17) is 4.74 Å². The molecule has 0 saturated carbocycles. The quantitative estimate of drug-likeness (QED) is 0.624. The number of rotatable bonds is 6. The summed E-state index contributed by atoms with van der Waals surface area (Å²) in [6.07, 6.45) is -0.183. The first-order valence-electron chi connectivity index (χ1n) is 9.20. The molecule has 2 N–H and O–H groups in total. The van der Waals surface area contributed by atoms with E-state index in [0.29, 0.717) is 17.1 Å². The molecule has 2 amide bonds. The standard InChI is InChI=1S/C20H17F2N5O4/c1-30-12-8-6-11(7-9-12)17-25-26-20-24-16(28)10-14(27(17)20)18(29)23-13-4-2-3-5-15(13)31-19(21)22/h2-9,14,19H,10H2,1H3,(H,23,29)(H,24,26,28)/t14-/m1/s1. The summed E-state index contributed by atoms with van der Waals surface area (Å²) in [4.78, 5) is 25.2. The van der Waals surface area contributed by atoms with Crippen LogP contribution in [0, 0.1) is 0 Å². The van der Waals surface area contributed by atoms with Gasteiger partial charge in [-0.1, -0.05) is 12.1 Å². The van der Waals surface area contributed by atoms with E-state index < -0.39 is 24.5 Å². The molecule has 1 aromatic heterocycles. The minimum absolute atomic E-state index is 0.0550. The van der Waals surface area contributed by atoms with Crippen molar-refractivity contribution in [2.75, 3.05) is 17.7 Å². The highest BCUT2D eigenvalue weighted by Gasteiger charge is 2.34. The fourth-order valence-electron chi connectivity index (χ4n) is 3.25. The molecule has 11 heteroatoms. The smallest absolute Gasteiger partial charge is 0.387 e. The monoisotopic (exact) mass is 429 g/mol. The molecule has 4 rings (SSSR count). The molecule has 31 heavy (non-hydrogen) atoms. The van der Waals surface area contributed by atoms with Crippen molar-refractivity contribution >= 4 is 23.5 Å². The molecular formula is C20H17F2N5O4. The van der Waals surface area contributed by atoms with Crippen LogP contribution in [0.2, 0.25) is 0 Å². The van der Waals surface area contributed by atoms with E-state index in [1.54, 1.807) is 37.4 Å². The number of nitrogens with zero attached hydrogens (tertiary/aromatic N) is 3. The van der Waals surface area contributed by atoms with Crippen molar-refractivity contribution < 1.29 is 27.8 Å². The van der Waals surface area contributed by atoms with E-state index in [2.05, 4.69) is 25.6 Å². The summed E-state index contributed by atoms with van der Waals surface area (Å²) in [5.74, 6) is -0.102. The van der Waals surface area contributed by atoms with Gasteiger partial charge in [-0.15, -0.1) is 10.2 Å². The highest BCUT2D eigenvalue weighted by atomic mass is 19.3. The van der Waals surface area contributed by atoms with Gasteiger partial charge >= 0.3 is 6.61 Å². The van der Waals surface area contributed by atoms with Gasteiger partial charge in [0.15, 0.2) is 5.82 Å². The second kappa shape index (κ2) is 8.38. The largest absolute Gasteiger partial charge is 0.497 e. The molecule has 0 aliphatic carbocycles. The van der Waals surface area contributed by atoms with Crippen LogP contribution in [0.25, 0.3) is 11.4 Å². The maximum absolute atomic E-state index is 13.1. The molecule has 1 aliphatic heterocycles.